The summed E-state index contributed by atoms with van der Waals surface area (Å²) in [4.78, 5) is 17.0. The lowest BCUT2D eigenvalue weighted by Gasteiger charge is -2.34. The van der Waals surface area contributed by atoms with Crippen molar-refractivity contribution in [2.24, 2.45) is 0 Å². The highest BCUT2D eigenvalue weighted by atomic mass is 32.2. The van der Waals surface area contributed by atoms with Gasteiger partial charge in [0, 0.05) is 44.0 Å². The van der Waals surface area contributed by atoms with Crippen molar-refractivity contribution in [2.45, 2.75) is 0 Å². The largest absolute Gasteiger partial charge is 0.336 e. The minimum absolute atomic E-state index is 0.0912. The summed E-state index contributed by atoms with van der Waals surface area (Å²) in [6.07, 6.45) is 3.59. The Morgan fingerprint density at radius 1 is 1.29 bits per heavy atom. The second-order valence-electron chi connectivity index (χ2n) is 5.77. The summed E-state index contributed by atoms with van der Waals surface area (Å²) in [6, 6.07) is 6.41. The van der Waals surface area contributed by atoms with Gasteiger partial charge >= 0.3 is 0 Å². The number of thioether (sulfide) groups is 1. The number of carbonyl (C=O) groups is 1. The molecule has 0 saturated carbocycles. The molecule has 3 rings (SSSR count). The van der Waals surface area contributed by atoms with Crippen LogP contribution in [0.2, 0.25) is 0 Å². The number of carbonyl (C=O) groups excluding carboxylic acids is 1. The first-order valence-corrected chi connectivity index (χ1v) is 9.39. The molecule has 0 bridgehead atoms. The van der Waals surface area contributed by atoms with Crippen molar-refractivity contribution in [2.75, 3.05) is 44.7 Å². The predicted molar refractivity (Wildman–Crippen MR) is 94.7 cm³/mol. The van der Waals surface area contributed by atoms with Crippen LogP contribution in [0.5, 0.6) is 0 Å². The van der Waals surface area contributed by atoms with Gasteiger partial charge in [-0.25, -0.2) is 4.39 Å². The van der Waals surface area contributed by atoms with Gasteiger partial charge in [0.15, 0.2) is 0 Å². The minimum Gasteiger partial charge on any atom is -0.336 e. The fourth-order valence-electron chi connectivity index (χ4n) is 2.88. The van der Waals surface area contributed by atoms with Gasteiger partial charge in [-0.1, -0.05) is 12.1 Å². The standard InChI is InChI=1S/C17H21FN4OS/c1-24-11-10-21-6-8-22(9-7-21)17(23)14-12-19-20-16(14)13-4-2-3-5-15(13)18/h2-5,12H,6-11H2,1H3,(H,19,20). The number of amides is 1. The van der Waals surface area contributed by atoms with E-state index in [1.54, 1.807) is 18.2 Å². The van der Waals surface area contributed by atoms with Crippen LogP contribution in [0.25, 0.3) is 11.3 Å². The lowest BCUT2D eigenvalue weighted by molar-refractivity contribution is 0.0645. The number of rotatable bonds is 5. The number of nitrogens with one attached hydrogen (secondary N) is 1. The molecular formula is C17H21FN4OS. The van der Waals surface area contributed by atoms with Crippen LogP contribution in [-0.2, 0) is 0 Å². The van der Waals surface area contributed by atoms with Gasteiger partial charge in [0.25, 0.3) is 5.91 Å². The zero-order valence-corrected chi connectivity index (χ0v) is 14.5. The van der Waals surface area contributed by atoms with E-state index >= 15 is 0 Å². The van der Waals surface area contributed by atoms with Crippen LogP contribution in [0.3, 0.4) is 0 Å². The molecule has 24 heavy (non-hydrogen) atoms. The minimum atomic E-state index is -0.363. The lowest BCUT2D eigenvalue weighted by atomic mass is 10.1. The molecule has 1 aliphatic heterocycles. The van der Waals surface area contributed by atoms with Crippen LogP contribution in [0.1, 0.15) is 10.4 Å². The van der Waals surface area contributed by atoms with Gasteiger partial charge in [0.2, 0.25) is 0 Å². The van der Waals surface area contributed by atoms with E-state index in [9.17, 15) is 9.18 Å². The third-order valence-corrected chi connectivity index (χ3v) is 4.87. The summed E-state index contributed by atoms with van der Waals surface area (Å²) >= 11 is 1.83. The van der Waals surface area contributed by atoms with Crippen molar-refractivity contribution in [1.82, 2.24) is 20.0 Å². The summed E-state index contributed by atoms with van der Waals surface area (Å²) in [7, 11) is 0. The Balaban J connectivity index is 1.71. The van der Waals surface area contributed by atoms with Gasteiger partial charge in [-0.3, -0.25) is 14.8 Å². The van der Waals surface area contributed by atoms with E-state index in [-0.39, 0.29) is 11.7 Å². The first-order valence-electron chi connectivity index (χ1n) is 7.99. The predicted octanol–water partition coefficient (Wildman–Crippen LogP) is 2.34. The van der Waals surface area contributed by atoms with E-state index < -0.39 is 0 Å². The van der Waals surface area contributed by atoms with Crippen molar-refractivity contribution in [1.29, 1.82) is 0 Å². The fourth-order valence-corrected chi connectivity index (χ4v) is 3.32. The van der Waals surface area contributed by atoms with Crippen LogP contribution in [-0.4, -0.2) is 70.6 Å². The maximum atomic E-state index is 14.0. The molecule has 1 aliphatic rings. The third-order valence-electron chi connectivity index (χ3n) is 4.28. The maximum absolute atomic E-state index is 14.0. The molecule has 0 radical (unpaired) electrons. The molecule has 7 heteroatoms. The summed E-state index contributed by atoms with van der Waals surface area (Å²) in [5.41, 5.74) is 1.25. The van der Waals surface area contributed by atoms with Crippen molar-refractivity contribution in [3.63, 3.8) is 0 Å². The van der Waals surface area contributed by atoms with Crippen LogP contribution in [0, 0.1) is 5.82 Å². The molecule has 5 nitrogen and oxygen atoms in total. The highest BCUT2D eigenvalue weighted by molar-refractivity contribution is 7.98. The SMILES string of the molecule is CSCCN1CCN(C(=O)c2cn[nH]c2-c2ccccc2F)CC1. The molecule has 1 fully saturated rings. The number of aromatic nitrogens is 2. The lowest BCUT2D eigenvalue weighted by Crippen LogP contribution is -2.49. The summed E-state index contributed by atoms with van der Waals surface area (Å²) < 4.78 is 14.0. The van der Waals surface area contributed by atoms with E-state index in [1.165, 1.54) is 12.3 Å². The van der Waals surface area contributed by atoms with E-state index in [0.29, 0.717) is 29.9 Å². The second kappa shape index (κ2) is 7.81. The van der Waals surface area contributed by atoms with Crippen LogP contribution in [0.4, 0.5) is 4.39 Å². The summed E-state index contributed by atoms with van der Waals surface area (Å²) in [5.74, 6) is 0.650. The Bertz CT molecular complexity index is 697. The number of benzene rings is 1. The van der Waals surface area contributed by atoms with Crippen LogP contribution in [0.15, 0.2) is 30.5 Å². The Morgan fingerprint density at radius 3 is 2.75 bits per heavy atom. The molecule has 0 spiro atoms. The molecule has 0 atom stereocenters. The normalized spacial score (nSPS) is 15.7. The molecule has 0 unspecified atom stereocenters. The van der Waals surface area contributed by atoms with Gasteiger partial charge in [-0.15, -0.1) is 0 Å². The van der Waals surface area contributed by atoms with Crippen LogP contribution >= 0.6 is 11.8 Å². The number of nitrogens with zero attached hydrogens (tertiary/aromatic N) is 3. The van der Waals surface area contributed by atoms with Crippen molar-refractivity contribution in [3.8, 4) is 11.3 Å². The smallest absolute Gasteiger partial charge is 0.257 e. The summed E-state index contributed by atoms with van der Waals surface area (Å²) in [6.45, 7) is 4.18. The molecular weight excluding hydrogens is 327 g/mol. The average molecular weight is 348 g/mol. The Morgan fingerprint density at radius 2 is 2.04 bits per heavy atom. The highest BCUT2D eigenvalue weighted by Crippen LogP contribution is 2.25. The maximum Gasteiger partial charge on any atom is 0.257 e. The summed E-state index contributed by atoms with van der Waals surface area (Å²) in [5, 5.41) is 6.73. The molecule has 128 valence electrons. The Kier molecular flexibility index (Phi) is 5.52. The van der Waals surface area contributed by atoms with Gasteiger partial charge in [0.1, 0.15) is 5.82 Å². The number of piperazine rings is 1. The molecule has 0 aliphatic carbocycles. The van der Waals surface area contributed by atoms with E-state index in [0.717, 1.165) is 25.4 Å². The molecule has 2 heterocycles. The number of hydrogen-bond acceptors (Lipinski definition) is 4. The van der Waals surface area contributed by atoms with Gasteiger partial charge < -0.3 is 4.90 Å². The van der Waals surface area contributed by atoms with Gasteiger partial charge in [-0.2, -0.15) is 16.9 Å². The number of H-pyrrole nitrogens is 1. The zero-order valence-electron chi connectivity index (χ0n) is 13.7. The first-order chi connectivity index (χ1) is 11.7. The molecule has 1 aromatic heterocycles. The third kappa shape index (κ3) is 3.62. The topological polar surface area (TPSA) is 52.2 Å². The van der Waals surface area contributed by atoms with Crippen molar-refractivity contribution in [3.05, 3.63) is 41.8 Å². The molecule has 2 aromatic rings. The quantitative estimate of drug-likeness (QED) is 0.901. The average Bonchev–Trinajstić information content (AvgIpc) is 3.09. The van der Waals surface area contributed by atoms with Crippen LogP contribution < -0.4 is 0 Å². The number of halogens is 1. The first kappa shape index (κ1) is 17.0. The second-order valence-corrected chi connectivity index (χ2v) is 6.75. The molecule has 1 saturated heterocycles. The van der Waals surface area contributed by atoms with Crippen molar-refractivity contribution >= 4 is 17.7 Å². The zero-order chi connectivity index (χ0) is 16.9. The Labute approximate surface area is 145 Å². The molecule has 1 N–H and O–H groups in total. The highest BCUT2D eigenvalue weighted by Gasteiger charge is 2.25. The van der Waals surface area contributed by atoms with Crippen molar-refractivity contribution < 1.29 is 9.18 Å². The van der Waals surface area contributed by atoms with E-state index in [4.69, 9.17) is 0 Å². The molecule has 1 amide bonds. The van der Waals surface area contributed by atoms with E-state index in [1.807, 2.05) is 16.7 Å². The number of hydrogen-bond donors (Lipinski definition) is 1. The van der Waals surface area contributed by atoms with Gasteiger partial charge in [-0.05, 0) is 18.4 Å². The molecule has 1 aromatic carbocycles. The monoisotopic (exact) mass is 348 g/mol. The fraction of sp³-hybridized carbons (Fsp3) is 0.412. The number of aromatic amines is 1. The Hall–Kier alpha value is -1.86. The van der Waals surface area contributed by atoms with E-state index in [2.05, 4.69) is 21.4 Å². The van der Waals surface area contributed by atoms with Gasteiger partial charge in [0.05, 0.1) is 17.5 Å².